The third-order valence-corrected chi connectivity index (χ3v) is 5.96. The molecule has 0 atom stereocenters. The summed E-state index contributed by atoms with van der Waals surface area (Å²) in [5.74, 6) is 0. The largest absolute Gasteiger partial charge is 0.390 e. The lowest BCUT2D eigenvalue weighted by molar-refractivity contribution is 0.0126. The molecule has 4 nitrogen and oxygen atoms in total. The smallest absolute Gasteiger partial charge is 0.243 e. The maximum Gasteiger partial charge on any atom is 0.243 e. The Labute approximate surface area is 123 Å². The zero-order chi connectivity index (χ0) is 14.3. The first-order valence-electron chi connectivity index (χ1n) is 5.90. The van der Waals surface area contributed by atoms with E-state index < -0.39 is 15.6 Å². The van der Waals surface area contributed by atoms with Crippen LogP contribution >= 0.6 is 23.2 Å². The summed E-state index contributed by atoms with van der Waals surface area (Å²) >= 11 is 11.6. The van der Waals surface area contributed by atoms with E-state index >= 15 is 0 Å². The van der Waals surface area contributed by atoms with Gasteiger partial charge in [0.05, 0.1) is 20.5 Å². The molecule has 1 N–H and O–H groups in total. The van der Waals surface area contributed by atoms with Gasteiger partial charge in [-0.05, 0) is 38.0 Å². The highest BCUT2D eigenvalue weighted by Gasteiger charge is 2.34. The summed E-state index contributed by atoms with van der Waals surface area (Å²) in [6.07, 6.45) is 0.848. The monoisotopic (exact) mass is 323 g/mol. The van der Waals surface area contributed by atoms with Gasteiger partial charge in [-0.3, -0.25) is 0 Å². The van der Waals surface area contributed by atoms with Gasteiger partial charge >= 0.3 is 0 Å². The second-order valence-electron chi connectivity index (χ2n) is 4.98. The Balaban J connectivity index is 2.25. The number of nitrogens with zero attached hydrogens (tertiary/aromatic N) is 1. The van der Waals surface area contributed by atoms with E-state index in [0.717, 1.165) is 0 Å². The highest BCUT2D eigenvalue weighted by atomic mass is 35.5. The van der Waals surface area contributed by atoms with Crippen LogP contribution in [-0.2, 0) is 10.0 Å². The van der Waals surface area contributed by atoms with Gasteiger partial charge in [0.25, 0.3) is 0 Å². The Hall–Kier alpha value is -0.330. The first-order chi connectivity index (χ1) is 8.72. The highest BCUT2D eigenvalue weighted by molar-refractivity contribution is 7.89. The fourth-order valence-corrected chi connectivity index (χ4v) is 3.83. The predicted octanol–water partition coefficient (Wildman–Crippen LogP) is 2.53. The van der Waals surface area contributed by atoms with Gasteiger partial charge in [-0.2, -0.15) is 4.31 Å². The summed E-state index contributed by atoms with van der Waals surface area (Å²) in [4.78, 5) is 0.128. The molecule has 106 valence electrons. The number of halogens is 2. The molecule has 1 heterocycles. The first kappa shape index (κ1) is 15.1. The number of aliphatic hydroxyl groups is 1. The molecule has 0 aliphatic carbocycles. The van der Waals surface area contributed by atoms with Crippen LogP contribution in [0.15, 0.2) is 23.1 Å². The summed E-state index contributed by atoms with van der Waals surface area (Å²) in [6.45, 7) is 2.32. The van der Waals surface area contributed by atoms with E-state index in [4.69, 9.17) is 23.2 Å². The Bertz CT molecular complexity index is 577. The SMILES string of the molecule is CC1(O)CCN(S(=O)(=O)c2ccc(Cl)c(Cl)c2)CC1. The number of sulfonamides is 1. The number of hydrogen-bond donors (Lipinski definition) is 1. The molecule has 1 fully saturated rings. The highest BCUT2D eigenvalue weighted by Crippen LogP contribution is 2.29. The predicted molar refractivity (Wildman–Crippen MR) is 75.1 cm³/mol. The van der Waals surface area contributed by atoms with Crippen molar-refractivity contribution in [1.82, 2.24) is 4.31 Å². The summed E-state index contributed by atoms with van der Waals surface area (Å²) in [6, 6.07) is 4.26. The van der Waals surface area contributed by atoms with Crippen molar-refractivity contribution in [2.45, 2.75) is 30.3 Å². The first-order valence-corrected chi connectivity index (χ1v) is 8.10. The van der Waals surface area contributed by atoms with Gasteiger partial charge in [0.1, 0.15) is 0 Å². The number of benzene rings is 1. The van der Waals surface area contributed by atoms with Gasteiger partial charge in [0.15, 0.2) is 0 Å². The van der Waals surface area contributed by atoms with E-state index in [2.05, 4.69) is 0 Å². The summed E-state index contributed by atoms with van der Waals surface area (Å²) < 4.78 is 26.2. The molecule has 0 aromatic heterocycles. The Morgan fingerprint density at radius 1 is 1.21 bits per heavy atom. The number of piperidine rings is 1. The molecule has 0 saturated carbocycles. The van der Waals surface area contributed by atoms with E-state index in [1.54, 1.807) is 6.92 Å². The Morgan fingerprint density at radius 2 is 1.79 bits per heavy atom. The van der Waals surface area contributed by atoms with Crippen LogP contribution in [0.4, 0.5) is 0 Å². The normalized spacial score (nSPS) is 20.4. The molecule has 1 aliphatic heterocycles. The number of rotatable bonds is 2. The van der Waals surface area contributed by atoms with Gasteiger partial charge in [-0.25, -0.2) is 8.42 Å². The summed E-state index contributed by atoms with van der Waals surface area (Å²) in [5, 5.41) is 10.4. The molecular formula is C12H15Cl2NO3S. The van der Waals surface area contributed by atoms with Crippen molar-refractivity contribution in [3.8, 4) is 0 Å². The van der Waals surface area contributed by atoms with Crippen molar-refractivity contribution < 1.29 is 13.5 Å². The third-order valence-electron chi connectivity index (χ3n) is 3.33. The average molecular weight is 324 g/mol. The Kier molecular flexibility index (Phi) is 4.14. The van der Waals surface area contributed by atoms with E-state index in [1.165, 1.54) is 22.5 Å². The van der Waals surface area contributed by atoms with E-state index in [9.17, 15) is 13.5 Å². The van der Waals surface area contributed by atoms with Gasteiger partial charge in [-0.1, -0.05) is 23.2 Å². The minimum absolute atomic E-state index is 0.128. The molecule has 0 amide bonds. The quantitative estimate of drug-likeness (QED) is 0.909. The molecule has 1 aromatic rings. The molecular weight excluding hydrogens is 309 g/mol. The fourth-order valence-electron chi connectivity index (χ4n) is 1.99. The second kappa shape index (κ2) is 5.22. The minimum atomic E-state index is -3.57. The van der Waals surface area contributed by atoms with Crippen LogP contribution in [0.5, 0.6) is 0 Å². The molecule has 2 rings (SSSR count). The van der Waals surface area contributed by atoms with Crippen molar-refractivity contribution in [3.05, 3.63) is 28.2 Å². The molecule has 7 heteroatoms. The van der Waals surface area contributed by atoms with Crippen LogP contribution in [0, 0.1) is 0 Å². The third kappa shape index (κ3) is 3.23. The van der Waals surface area contributed by atoms with Crippen LogP contribution in [0.2, 0.25) is 10.0 Å². The van der Waals surface area contributed by atoms with Gasteiger partial charge in [0.2, 0.25) is 10.0 Å². The molecule has 0 radical (unpaired) electrons. The Morgan fingerprint density at radius 3 is 2.32 bits per heavy atom. The fraction of sp³-hybridized carbons (Fsp3) is 0.500. The molecule has 1 saturated heterocycles. The second-order valence-corrected chi connectivity index (χ2v) is 7.73. The zero-order valence-corrected chi connectivity index (χ0v) is 12.8. The van der Waals surface area contributed by atoms with Crippen molar-refractivity contribution in [2.24, 2.45) is 0 Å². The van der Waals surface area contributed by atoms with Crippen molar-refractivity contribution in [3.63, 3.8) is 0 Å². The van der Waals surface area contributed by atoms with Crippen LogP contribution in [0.1, 0.15) is 19.8 Å². The maximum absolute atomic E-state index is 12.4. The molecule has 19 heavy (non-hydrogen) atoms. The van der Waals surface area contributed by atoms with Crippen molar-refractivity contribution >= 4 is 33.2 Å². The average Bonchev–Trinajstić information content (AvgIpc) is 2.32. The molecule has 1 aromatic carbocycles. The van der Waals surface area contributed by atoms with Gasteiger partial charge in [0, 0.05) is 13.1 Å². The van der Waals surface area contributed by atoms with Crippen LogP contribution in [-0.4, -0.2) is 36.5 Å². The zero-order valence-electron chi connectivity index (χ0n) is 10.4. The molecule has 1 aliphatic rings. The van der Waals surface area contributed by atoms with E-state index in [0.29, 0.717) is 31.0 Å². The van der Waals surface area contributed by atoms with Crippen molar-refractivity contribution in [2.75, 3.05) is 13.1 Å². The van der Waals surface area contributed by atoms with Gasteiger partial charge in [-0.15, -0.1) is 0 Å². The topological polar surface area (TPSA) is 57.6 Å². The van der Waals surface area contributed by atoms with E-state index in [1.807, 2.05) is 0 Å². The lowest BCUT2D eigenvalue weighted by atomic mass is 9.95. The molecule has 0 bridgehead atoms. The summed E-state index contributed by atoms with van der Waals surface area (Å²) in [7, 11) is -3.57. The minimum Gasteiger partial charge on any atom is -0.390 e. The van der Waals surface area contributed by atoms with Crippen LogP contribution < -0.4 is 0 Å². The van der Waals surface area contributed by atoms with Crippen molar-refractivity contribution in [1.29, 1.82) is 0 Å². The van der Waals surface area contributed by atoms with Gasteiger partial charge < -0.3 is 5.11 Å². The molecule has 0 spiro atoms. The lowest BCUT2D eigenvalue weighted by Crippen LogP contribution is -2.45. The van der Waals surface area contributed by atoms with E-state index in [-0.39, 0.29) is 9.92 Å². The van der Waals surface area contributed by atoms with Crippen LogP contribution in [0.25, 0.3) is 0 Å². The van der Waals surface area contributed by atoms with Crippen LogP contribution in [0.3, 0.4) is 0 Å². The maximum atomic E-state index is 12.4. The number of hydrogen-bond acceptors (Lipinski definition) is 3. The molecule has 0 unspecified atom stereocenters. The lowest BCUT2D eigenvalue weighted by Gasteiger charge is -2.34. The standard InChI is InChI=1S/C12H15Cl2NO3S/c1-12(16)4-6-15(7-5-12)19(17,18)9-2-3-10(13)11(14)8-9/h2-3,8,16H,4-7H2,1H3. The summed E-state index contributed by atoms with van der Waals surface area (Å²) in [5.41, 5.74) is -0.788.